The van der Waals surface area contributed by atoms with Crippen LogP contribution in [0, 0.1) is 5.82 Å². The van der Waals surface area contributed by atoms with E-state index in [0.717, 1.165) is 0 Å². The molecular formula is C20H16Cl2FNO3. The second-order valence-electron chi connectivity index (χ2n) is 6.95. The van der Waals surface area contributed by atoms with Gasteiger partial charge in [-0.2, -0.15) is 0 Å². The highest BCUT2D eigenvalue weighted by Gasteiger charge is 2.44. The maximum atomic E-state index is 13.1. The molecular weight excluding hydrogens is 392 g/mol. The van der Waals surface area contributed by atoms with Crippen molar-refractivity contribution in [2.75, 3.05) is 13.1 Å². The maximum absolute atomic E-state index is 13.1. The van der Waals surface area contributed by atoms with Crippen molar-refractivity contribution in [3.8, 4) is 5.75 Å². The van der Waals surface area contributed by atoms with Gasteiger partial charge >= 0.3 is 0 Å². The third-order valence-corrected chi connectivity index (χ3v) is 5.66. The minimum Gasteiger partial charge on any atom is -0.484 e. The SMILES string of the molecule is O=C1CC2(CCN(C(=O)c3ccc(F)cc3)CC2)Oc2c(Cl)cc(Cl)cc21. The second-order valence-corrected chi connectivity index (χ2v) is 7.79. The molecule has 7 heteroatoms. The van der Waals surface area contributed by atoms with Crippen LogP contribution in [0.3, 0.4) is 0 Å². The Labute approximate surface area is 165 Å². The molecule has 2 aliphatic heterocycles. The number of likely N-dealkylation sites (tertiary alicyclic amines) is 1. The van der Waals surface area contributed by atoms with Crippen LogP contribution >= 0.6 is 23.2 Å². The molecule has 1 amide bonds. The molecule has 0 atom stereocenters. The predicted molar refractivity (Wildman–Crippen MR) is 100 cm³/mol. The molecule has 0 bridgehead atoms. The first kappa shape index (κ1) is 18.3. The fraction of sp³-hybridized carbons (Fsp3) is 0.300. The van der Waals surface area contributed by atoms with Gasteiger partial charge in [-0.05, 0) is 36.4 Å². The summed E-state index contributed by atoms with van der Waals surface area (Å²) < 4.78 is 19.2. The van der Waals surface area contributed by atoms with Gasteiger partial charge in [-0.3, -0.25) is 9.59 Å². The van der Waals surface area contributed by atoms with Gasteiger partial charge in [-0.15, -0.1) is 0 Å². The Morgan fingerprint density at radius 2 is 1.78 bits per heavy atom. The van der Waals surface area contributed by atoms with Gasteiger partial charge in [0, 0.05) is 36.5 Å². The van der Waals surface area contributed by atoms with Gasteiger partial charge < -0.3 is 9.64 Å². The standard InChI is InChI=1S/C20H16Cl2FNO3/c21-13-9-15-17(25)11-20(27-18(15)16(22)10-13)5-7-24(8-6-20)19(26)12-1-3-14(23)4-2-12/h1-4,9-10H,5-8,11H2. The van der Waals surface area contributed by atoms with Crippen molar-refractivity contribution in [2.45, 2.75) is 24.9 Å². The Balaban J connectivity index is 1.51. The molecule has 140 valence electrons. The molecule has 1 saturated heterocycles. The first-order valence-corrected chi connectivity index (χ1v) is 9.39. The fourth-order valence-electron chi connectivity index (χ4n) is 3.68. The van der Waals surface area contributed by atoms with E-state index in [-0.39, 0.29) is 23.9 Å². The van der Waals surface area contributed by atoms with Crippen LogP contribution in [0.15, 0.2) is 36.4 Å². The lowest BCUT2D eigenvalue weighted by atomic mass is 9.82. The number of piperidine rings is 1. The van der Waals surface area contributed by atoms with Crippen LogP contribution in [0.25, 0.3) is 0 Å². The van der Waals surface area contributed by atoms with Gasteiger partial charge in [-0.25, -0.2) is 4.39 Å². The summed E-state index contributed by atoms with van der Waals surface area (Å²) in [5.74, 6) is -0.222. The van der Waals surface area contributed by atoms with E-state index in [1.165, 1.54) is 24.3 Å². The lowest BCUT2D eigenvalue weighted by molar-refractivity contribution is -0.00564. The highest BCUT2D eigenvalue weighted by Crippen LogP contribution is 2.44. The van der Waals surface area contributed by atoms with Crippen molar-refractivity contribution >= 4 is 34.9 Å². The maximum Gasteiger partial charge on any atom is 0.253 e. The number of halogens is 3. The van der Waals surface area contributed by atoms with E-state index in [0.29, 0.717) is 52.9 Å². The van der Waals surface area contributed by atoms with Gasteiger partial charge in [0.15, 0.2) is 5.78 Å². The first-order valence-electron chi connectivity index (χ1n) is 8.63. The van der Waals surface area contributed by atoms with Gasteiger partial charge in [-0.1, -0.05) is 23.2 Å². The zero-order valence-electron chi connectivity index (χ0n) is 14.3. The number of benzene rings is 2. The number of hydrogen-bond acceptors (Lipinski definition) is 3. The zero-order chi connectivity index (χ0) is 19.2. The number of ketones is 1. The number of ether oxygens (including phenoxy) is 1. The lowest BCUT2D eigenvalue weighted by Gasteiger charge is -2.44. The molecule has 0 radical (unpaired) electrons. The van der Waals surface area contributed by atoms with Crippen molar-refractivity contribution in [2.24, 2.45) is 0 Å². The average Bonchev–Trinajstić information content (AvgIpc) is 2.64. The third-order valence-electron chi connectivity index (χ3n) is 5.16. The van der Waals surface area contributed by atoms with E-state index >= 15 is 0 Å². The van der Waals surface area contributed by atoms with E-state index < -0.39 is 5.60 Å². The van der Waals surface area contributed by atoms with Crippen LogP contribution in [-0.4, -0.2) is 35.3 Å². The number of rotatable bonds is 1. The summed E-state index contributed by atoms with van der Waals surface area (Å²) in [6.07, 6.45) is 1.27. The van der Waals surface area contributed by atoms with Crippen LogP contribution in [-0.2, 0) is 0 Å². The summed E-state index contributed by atoms with van der Waals surface area (Å²) in [6, 6.07) is 8.62. The first-order chi connectivity index (χ1) is 12.9. The zero-order valence-corrected chi connectivity index (χ0v) is 15.8. The smallest absolute Gasteiger partial charge is 0.253 e. The number of Topliss-reactive ketones (excluding diaryl/α,β-unsaturated/α-hetero) is 1. The van der Waals surface area contributed by atoms with Crippen LogP contribution in [0.1, 0.15) is 40.0 Å². The largest absolute Gasteiger partial charge is 0.484 e. The number of hydrogen-bond donors (Lipinski definition) is 0. The van der Waals surface area contributed by atoms with Gasteiger partial charge in [0.25, 0.3) is 5.91 Å². The fourth-order valence-corrected chi connectivity index (χ4v) is 4.21. The molecule has 0 saturated carbocycles. The topological polar surface area (TPSA) is 46.6 Å². The molecule has 0 N–H and O–H groups in total. The van der Waals surface area contributed by atoms with Crippen molar-refractivity contribution in [3.63, 3.8) is 0 Å². The third kappa shape index (κ3) is 3.42. The van der Waals surface area contributed by atoms with Crippen molar-refractivity contribution in [3.05, 3.63) is 63.4 Å². The van der Waals surface area contributed by atoms with E-state index in [1.807, 2.05) is 0 Å². The molecule has 2 aliphatic rings. The van der Waals surface area contributed by atoms with Crippen LogP contribution in [0.2, 0.25) is 10.0 Å². The van der Waals surface area contributed by atoms with E-state index in [2.05, 4.69) is 0 Å². The Morgan fingerprint density at radius 1 is 1.11 bits per heavy atom. The number of fused-ring (bicyclic) bond motifs is 1. The number of carbonyl (C=O) groups is 2. The molecule has 2 aromatic rings. The monoisotopic (exact) mass is 407 g/mol. The quantitative estimate of drug-likeness (QED) is 0.683. The molecule has 0 unspecified atom stereocenters. The van der Waals surface area contributed by atoms with E-state index in [1.54, 1.807) is 17.0 Å². The van der Waals surface area contributed by atoms with Crippen molar-refractivity contribution in [1.82, 2.24) is 4.90 Å². The summed E-state index contributed by atoms with van der Waals surface area (Å²) >= 11 is 12.2. The average molecular weight is 408 g/mol. The molecule has 4 rings (SSSR count). The number of carbonyl (C=O) groups excluding carboxylic acids is 2. The van der Waals surface area contributed by atoms with E-state index in [9.17, 15) is 14.0 Å². The minimum atomic E-state index is -0.666. The molecule has 2 heterocycles. The molecule has 0 aromatic heterocycles. The molecule has 1 spiro atoms. The van der Waals surface area contributed by atoms with Crippen LogP contribution in [0.4, 0.5) is 4.39 Å². The van der Waals surface area contributed by atoms with Gasteiger partial charge in [0.05, 0.1) is 17.0 Å². The van der Waals surface area contributed by atoms with Gasteiger partial charge in [0.1, 0.15) is 17.2 Å². The minimum absolute atomic E-state index is 0.0565. The normalized spacial score (nSPS) is 18.2. The van der Waals surface area contributed by atoms with Crippen LogP contribution < -0.4 is 4.74 Å². The molecule has 0 aliphatic carbocycles. The molecule has 4 nitrogen and oxygen atoms in total. The summed E-state index contributed by atoms with van der Waals surface area (Å²) in [7, 11) is 0. The Hall–Kier alpha value is -2.11. The summed E-state index contributed by atoms with van der Waals surface area (Å²) in [5, 5.41) is 0.709. The second kappa shape index (κ2) is 6.80. The lowest BCUT2D eigenvalue weighted by Crippen LogP contribution is -2.52. The Bertz CT molecular complexity index is 922. The highest BCUT2D eigenvalue weighted by atomic mass is 35.5. The highest BCUT2D eigenvalue weighted by molar-refractivity contribution is 6.36. The summed E-state index contributed by atoms with van der Waals surface area (Å²) in [6.45, 7) is 0.897. The number of nitrogens with zero attached hydrogens (tertiary/aromatic N) is 1. The molecule has 27 heavy (non-hydrogen) atoms. The van der Waals surface area contributed by atoms with Crippen LogP contribution in [0.5, 0.6) is 5.75 Å². The predicted octanol–water partition coefficient (Wildman–Crippen LogP) is 4.77. The summed E-state index contributed by atoms with van der Waals surface area (Å²) in [4.78, 5) is 26.9. The Morgan fingerprint density at radius 3 is 2.44 bits per heavy atom. The molecule has 1 fully saturated rings. The van der Waals surface area contributed by atoms with Crippen molar-refractivity contribution < 1.29 is 18.7 Å². The Kier molecular flexibility index (Phi) is 4.60. The van der Waals surface area contributed by atoms with E-state index in [4.69, 9.17) is 27.9 Å². The molecule has 2 aromatic carbocycles. The van der Waals surface area contributed by atoms with Gasteiger partial charge in [0.2, 0.25) is 0 Å². The number of amides is 1. The van der Waals surface area contributed by atoms with Crippen molar-refractivity contribution in [1.29, 1.82) is 0 Å². The summed E-state index contributed by atoms with van der Waals surface area (Å²) in [5.41, 5.74) is 0.181.